The minimum Gasteiger partial charge on any atom is -0.487 e. The molecule has 3 heterocycles. The van der Waals surface area contributed by atoms with Crippen molar-refractivity contribution < 1.29 is 18.7 Å². The van der Waals surface area contributed by atoms with Crippen molar-refractivity contribution in [1.82, 2.24) is 4.90 Å². The maximum atomic E-state index is 13.5. The largest absolute Gasteiger partial charge is 0.487 e. The molecule has 1 amide bonds. The fraction of sp³-hybridized carbons (Fsp3) is 0.375. The van der Waals surface area contributed by atoms with E-state index in [-0.39, 0.29) is 23.9 Å². The predicted octanol–water partition coefficient (Wildman–Crippen LogP) is 3.70. The first-order chi connectivity index (χ1) is 15.0. The quantitative estimate of drug-likeness (QED) is 0.735. The van der Waals surface area contributed by atoms with E-state index in [4.69, 9.17) is 9.47 Å². The van der Waals surface area contributed by atoms with Gasteiger partial charge < -0.3 is 20.1 Å². The summed E-state index contributed by atoms with van der Waals surface area (Å²) in [5.74, 6) is -0.0879. The van der Waals surface area contributed by atoms with Crippen LogP contribution in [0.2, 0.25) is 0 Å². The minimum absolute atomic E-state index is 0.264. The number of rotatable bonds is 4. The van der Waals surface area contributed by atoms with Crippen LogP contribution >= 0.6 is 0 Å². The Kier molecular flexibility index (Phi) is 5.16. The highest BCUT2D eigenvalue weighted by Crippen LogP contribution is 2.42. The van der Waals surface area contributed by atoms with E-state index < -0.39 is 0 Å². The Bertz CT molecular complexity index is 1060. The molecule has 162 valence electrons. The number of halogens is 1. The summed E-state index contributed by atoms with van der Waals surface area (Å²) in [7, 11) is 0. The highest BCUT2D eigenvalue weighted by molar-refractivity contribution is 6.36. The van der Waals surface area contributed by atoms with E-state index in [0.717, 1.165) is 43.0 Å². The van der Waals surface area contributed by atoms with Crippen molar-refractivity contribution in [3.05, 3.63) is 58.9 Å². The Labute approximate surface area is 181 Å². The van der Waals surface area contributed by atoms with Gasteiger partial charge in [0.25, 0.3) is 5.91 Å². The number of carbonyl (C=O) groups excluding carboxylic acids is 1. The SMILES string of the molecule is CC1CN(CCNc2ccc3c(c2)CO/C3=C2/C(=O)Nc3cc(F)ccc32)C[C@H](C)O1. The van der Waals surface area contributed by atoms with Gasteiger partial charge in [-0.3, -0.25) is 9.69 Å². The molecular weight excluding hydrogens is 397 g/mol. The van der Waals surface area contributed by atoms with Crippen LogP contribution in [0, 0.1) is 5.82 Å². The summed E-state index contributed by atoms with van der Waals surface area (Å²) in [6, 6.07) is 10.4. The average Bonchev–Trinajstić information content (AvgIpc) is 3.26. The lowest BCUT2D eigenvalue weighted by molar-refractivity contribution is -0.110. The molecule has 6 nitrogen and oxygen atoms in total. The molecule has 3 aliphatic heterocycles. The first kappa shape index (κ1) is 20.0. The Balaban J connectivity index is 1.31. The number of carbonyl (C=O) groups is 1. The van der Waals surface area contributed by atoms with Crippen molar-refractivity contribution in [2.75, 3.05) is 36.8 Å². The van der Waals surface area contributed by atoms with Crippen LogP contribution in [0.1, 0.15) is 30.5 Å². The van der Waals surface area contributed by atoms with E-state index in [1.54, 1.807) is 6.07 Å². The first-order valence-electron chi connectivity index (χ1n) is 10.7. The summed E-state index contributed by atoms with van der Waals surface area (Å²) in [6.07, 6.45) is 0.531. The highest BCUT2D eigenvalue weighted by atomic mass is 19.1. The summed E-state index contributed by atoms with van der Waals surface area (Å²) in [5.41, 5.74) is 4.58. The van der Waals surface area contributed by atoms with Crippen molar-refractivity contribution in [3.63, 3.8) is 0 Å². The number of nitrogens with zero attached hydrogens (tertiary/aromatic N) is 1. The molecule has 1 saturated heterocycles. The zero-order valence-corrected chi connectivity index (χ0v) is 17.7. The van der Waals surface area contributed by atoms with Crippen molar-refractivity contribution in [2.45, 2.75) is 32.7 Å². The Morgan fingerprint density at radius 1 is 1.13 bits per heavy atom. The second-order valence-corrected chi connectivity index (χ2v) is 8.45. The lowest BCUT2D eigenvalue weighted by Gasteiger charge is -2.35. The number of hydrogen-bond donors (Lipinski definition) is 2. The van der Waals surface area contributed by atoms with Gasteiger partial charge in [-0.1, -0.05) is 0 Å². The second-order valence-electron chi connectivity index (χ2n) is 8.45. The third kappa shape index (κ3) is 3.91. The lowest BCUT2D eigenvalue weighted by atomic mass is 10.00. The number of benzene rings is 2. The molecule has 1 unspecified atom stereocenters. The molecule has 0 saturated carbocycles. The average molecular weight is 423 g/mol. The Hall–Kier alpha value is -2.90. The molecule has 31 heavy (non-hydrogen) atoms. The van der Waals surface area contributed by atoms with Crippen molar-refractivity contribution in [2.24, 2.45) is 0 Å². The van der Waals surface area contributed by atoms with E-state index in [0.29, 0.717) is 29.2 Å². The summed E-state index contributed by atoms with van der Waals surface area (Å²) >= 11 is 0. The zero-order chi connectivity index (χ0) is 21.5. The van der Waals surface area contributed by atoms with Gasteiger partial charge in [-0.05, 0) is 50.2 Å². The molecular formula is C24H26FN3O3. The first-order valence-corrected chi connectivity index (χ1v) is 10.7. The van der Waals surface area contributed by atoms with Crippen LogP contribution in [-0.2, 0) is 20.9 Å². The zero-order valence-electron chi connectivity index (χ0n) is 17.7. The fourth-order valence-corrected chi connectivity index (χ4v) is 4.67. The molecule has 1 fully saturated rings. The van der Waals surface area contributed by atoms with Crippen LogP contribution in [0.3, 0.4) is 0 Å². The number of nitrogens with one attached hydrogen (secondary N) is 2. The third-order valence-electron chi connectivity index (χ3n) is 5.93. The fourth-order valence-electron chi connectivity index (χ4n) is 4.67. The van der Waals surface area contributed by atoms with Crippen molar-refractivity contribution >= 4 is 28.6 Å². The number of hydrogen-bond acceptors (Lipinski definition) is 5. The maximum Gasteiger partial charge on any atom is 0.260 e. The normalized spacial score (nSPS) is 25.1. The lowest BCUT2D eigenvalue weighted by Crippen LogP contribution is -2.46. The van der Waals surface area contributed by atoms with Crippen LogP contribution < -0.4 is 10.6 Å². The molecule has 0 radical (unpaired) electrons. The van der Waals surface area contributed by atoms with Gasteiger partial charge in [0.05, 0.1) is 23.5 Å². The number of amides is 1. The topological polar surface area (TPSA) is 62.8 Å². The molecule has 0 spiro atoms. The van der Waals surface area contributed by atoms with E-state index in [2.05, 4.69) is 35.4 Å². The van der Waals surface area contributed by atoms with Crippen molar-refractivity contribution in [1.29, 1.82) is 0 Å². The van der Waals surface area contributed by atoms with Gasteiger partial charge >= 0.3 is 0 Å². The van der Waals surface area contributed by atoms with Gasteiger partial charge in [0.1, 0.15) is 18.2 Å². The molecule has 0 bridgehead atoms. The standard InChI is InChI=1S/C24H26FN3O3/c1-14-11-28(12-15(2)31-14)8-7-26-18-4-6-19-16(9-18)13-30-23(19)22-20-5-3-17(25)10-21(20)27-24(22)29/h3-6,9-10,14-15,26H,7-8,11-13H2,1-2H3,(H,27,29)/b23-22+/t14-,15?/m0/s1. The van der Waals surface area contributed by atoms with Crippen LogP contribution in [0.4, 0.5) is 15.8 Å². The minimum atomic E-state index is -0.380. The van der Waals surface area contributed by atoms with Crippen LogP contribution in [-0.4, -0.2) is 49.2 Å². The number of fused-ring (bicyclic) bond motifs is 2. The number of anilines is 2. The van der Waals surface area contributed by atoms with E-state index in [1.807, 2.05) is 12.1 Å². The molecule has 5 rings (SSSR count). The summed E-state index contributed by atoms with van der Waals surface area (Å²) in [5, 5.41) is 6.22. The molecule has 2 aromatic carbocycles. The van der Waals surface area contributed by atoms with Gasteiger partial charge in [-0.2, -0.15) is 0 Å². The molecule has 2 N–H and O–H groups in total. The van der Waals surface area contributed by atoms with Gasteiger partial charge in [-0.15, -0.1) is 0 Å². The molecule has 0 aliphatic carbocycles. The Morgan fingerprint density at radius 2 is 1.90 bits per heavy atom. The van der Waals surface area contributed by atoms with Gasteiger partial charge in [-0.25, -0.2) is 4.39 Å². The third-order valence-corrected chi connectivity index (χ3v) is 5.93. The Morgan fingerprint density at radius 3 is 2.71 bits per heavy atom. The summed E-state index contributed by atoms with van der Waals surface area (Å²) < 4.78 is 25.2. The number of morpholine rings is 1. The summed E-state index contributed by atoms with van der Waals surface area (Å²) in [6.45, 7) is 8.34. The van der Waals surface area contributed by atoms with Crippen LogP contribution in [0.25, 0.3) is 11.3 Å². The smallest absolute Gasteiger partial charge is 0.260 e. The highest BCUT2D eigenvalue weighted by Gasteiger charge is 2.32. The molecule has 2 aromatic rings. The second kappa shape index (κ2) is 7.98. The predicted molar refractivity (Wildman–Crippen MR) is 118 cm³/mol. The molecule has 0 aromatic heterocycles. The van der Waals surface area contributed by atoms with Crippen LogP contribution in [0.5, 0.6) is 0 Å². The van der Waals surface area contributed by atoms with E-state index in [9.17, 15) is 9.18 Å². The van der Waals surface area contributed by atoms with E-state index >= 15 is 0 Å². The van der Waals surface area contributed by atoms with Gasteiger partial charge in [0.15, 0.2) is 0 Å². The molecule has 3 aliphatic rings. The van der Waals surface area contributed by atoms with E-state index in [1.165, 1.54) is 12.1 Å². The summed E-state index contributed by atoms with van der Waals surface area (Å²) in [4.78, 5) is 15.0. The number of ether oxygens (including phenoxy) is 2. The molecule has 2 atom stereocenters. The van der Waals surface area contributed by atoms with Crippen LogP contribution in [0.15, 0.2) is 36.4 Å². The monoisotopic (exact) mass is 423 g/mol. The van der Waals surface area contributed by atoms with Crippen molar-refractivity contribution in [3.8, 4) is 0 Å². The van der Waals surface area contributed by atoms with Gasteiger partial charge in [0, 0.05) is 48.6 Å². The molecule has 7 heteroatoms. The maximum absolute atomic E-state index is 13.5. The van der Waals surface area contributed by atoms with Gasteiger partial charge in [0.2, 0.25) is 0 Å².